The van der Waals surface area contributed by atoms with Crippen molar-refractivity contribution in [2.24, 2.45) is 0 Å². The second-order valence-corrected chi connectivity index (χ2v) is 8.21. The van der Waals surface area contributed by atoms with Gasteiger partial charge in [-0.05, 0) is 44.4 Å². The van der Waals surface area contributed by atoms with Gasteiger partial charge in [0.2, 0.25) is 0 Å². The van der Waals surface area contributed by atoms with Crippen molar-refractivity contribution < 1.29 is 4.21 Å². The van der Waals surface area contributed by atoms with Crippen LogP contribution >= 0.6 is 0 Å². The zero-order valence-corrected chi connectivity index (χ0v) is 13.9. The second kappa shape index (κ2) is 6.54. The van der Waals surface area contributed by atoms with Gasteiger partial charge in [0.15, 0.2) is 0 Å². The molecule has 0 spiro atoms. The topological polar surface area (TPSA) is 29.1 Å². The van der Waals surface area contributed by atoms with Gasteiger partial charge in [-0.25, -0.2) is 8.93 Å². The fraction of sp³-hybridized carbons (Fsp3) is 0.333. The van der Waals surface area contributed by atoms with Gasteiger partial charge in [0, 0.05) is 6.04 Å². The van der Waals surface area contributed by atoms with Crippen LogP contribution in [-0.4, -0.2) is 8.96 Å². The van der Waals surface area contributed by atoms with E-state index in [9.17, 15) is 4.21 Å². The van der Waals surface area contributed by atoms with Crippen LogP contribution in [0.25, 0.3) is 11.1 Å². The van der Waals surface area contributed by atoms with Gasteiger partial charge in [0.25, 0.3) is 0 Å². The number of hydrogen-bond donors (Lipinski definition) is 1. The van der Waals surface area contributed by atoms with Crippen LogP contribution in [0.3, 0.4) is 0 Å². The molecule has 0 aliphatic rings. The van der Waals surface area contributed by atoms with Crippen molar-refractivity contribution in [3.8, 4) is 11.1 Å². The van der Waals surface area contributed by atoms with Crippen LogP contribution < -0.4 is 4.72 Å². The Bertz CT molecular complexity index is 599. The molecule has 0 heterocycles. The molecule has 0 aliphatic heterocycles. The highest BCUT2D eigenvalue weighted by Gasteiger charge is 2.21. The van der Waals surface area contributed by atoms with E-state index in [4.69, 9.17) is 0 Å². The molecule has 0 amide bonds. The summed E-state index contributed by atoms with van der Waals surface area (Å²) >= 11 is 0. The van der Waals surface area contributed by atoms with Gasteiger partial charge in [-0.15, -0.1) is 0 Å². The van der Waals surface area contributed by atoms with Crippen molar-refractivity contribution >= 4 is 11.0 Å². The first-order valence-electron chi connectivity index (χ1n) is 7.21. The monoisotopic (exact) mass is 301 g/mol. The zero-order chi connectivity index (χ0) is 15.5. The molecule has 112 valence electrons. The van der Waals surface area contributed by atoms with Gasteiger partial charge in [-0.3, -0.25) is 0 Å². The van der Waals surface area contributed by atoms with E-state index in [1.54, 1.807) is 0 Å². The maximum Gasteiger partial charge on any atom is 0.0975 e. The maximum atomic E-state index is 12.1. The molecule has 2 atom stereocenters. The lowest BCUT2D eigenvalue weighted by Crippen LogP contribution is -2.34. The van der Waals surface area contributed by atoms with E-state index in [1.165, 1.54) is 11.1 Å². The third kappa shape index (κ3) is 4.26. The van der Waals surface area contributed by atoms with Crippen molar-refractivity contribution in [2.75, 3.05) is 0 Å². The third-order valence-corrected chi connectivity index (χ3v) is 5.04. The highest BCUT2D eigenvalue weighted by atomic mass is 32.2. The van der Waals surface area contributed by atoms with Crippen LogP contribution in [0.15, 0.2) is 54.6 Å². The van der Waals surface area contributed by atoms with Crippen molar-refractivity contribution in [3.05, 3.63) is 60.2 Å². The number of nitrogens with one attached hydrogen (secondary N) is 1. The average Bonchev–Trinajstić information content (AvgIpc) is 2.47. The summed E-state index contributed by atoms with van der Waals surface area (Å²) in [4.78, 5) is 0. The summed E-state index contributed by atoms with van der Waals surface area (Å²) in [6.45, 7) is 7.96. The van der Waals surface area contributed by atoms with Gasteiger partial charge >= 0.3 is 0 Å². The molecule has 2 nitrogen and oxygen atoms in total. The van der Waals surface area contributed by atoms with Gasteiger partial charge in [0.05, 0.1) is 15.7 Å². The lowest BCUT2D eigenvalue weighted by atomic mass is 10.0. The molecule has 0 radical (unpaired) electrons. The normalized spacial score (nSPS) is 14.7. The lowest BCUT2D eigenvalue weighted by Gasteiger charge is -2.22. The molecule has 2 aromatic carbocycles. The highest BCUT2D eigenvalue weighted by molar-refractivity contribution is 7.84. The number of benzene rings is 2. The second-order valence-electron chi connectivity index (χ2n) is 6.21. The van der Waals surface area contributed by atoms with E-state index in [1.807, 2.05) is 45.9 Å². The minimum atomic E-state index is -1.06. The summed E-state index contributed by atoms with van der Waals surface area (Å²) < 4.78 is 15.1. The van der Waals surface area contributed by atoms with Crippen LogP contribution in [0.5, 0.6) is 0 Å². The summed E-state index contributed by atoms with van der Waals surface area (Å²) in [6, 6.07) is 18.8. The summed E-state index contributed by atoms with van der Waals surface area (Å²) in [7, 11) is -1.06. The summed E-state index contributed by atoms with van der Waals surface area (Å²) in [5.74, 6) is 0. The quantitative estimate of drug-likeness (QED) is 0.887. The van der Waals surface area contributed by atoms with Gasteiger partial charge in [0.1, 0.15) is 0 Å². The van der Waals surface area contributed by atoms with Crippen molar-refractivity contribution in [1.29, 1.82) is 0 Å². The van der Waals surface area contributed by atoms with Crippen LogP contribution in [0.1, 0.15) is 39.3 Å². The van der Waals surface area contributed by atoms with Crippen LogP contribution in [-0.2, 0) is 11.0 Å². The summed E-state index contributed by atoms with van der Waals surface area (Å²) in [5, 5.41) is 0. The van der Waals surface area contributed by atoms with E-state index in [-0.39, 0.29) is 10.8 Å². The average molecular weight is 301 g/mol. The Hall–Kier alpha value is -1.45. The Kier molecular flexibility index (Phi) is 4.96. The van der Waals surface area contributed by atoms with E-state index in [2.05, 4.69) is 41.1 Å². The largest absolute Gasteiger partial charge is 0.242 e. The Morgan fingerprint density at radius 1 is 0.905 bits per heavy atom. The fourth-order valence-corrected chi connectivity index (χ4v) is 2.81. The minimum Gasteiger partial charge on any atom is -0.242 e. The standard InChI is InChI=1S/C18H23NOS/c1-14(19-21(20)18(2,3)4)15-10-12-17(13-11-15)16-8-6-5-7-9-16/h5-14,19H,1-4H3/t14-,21?/m0/s1. The Morgan fingerprint density at radius 3 is 1.95 bits per heavy atom. The van der Waals surface area contributed by atoms with E-state index < -0.39 is 11.0 Å². The SMILES string of the molecule is C[C@H](NS(=O)C(C)(C)C)c1ccc(-c2ccccc2)cc1. The number of hydrogen-bond acceptors (Lipinski definition) is 1. The van der Waals surface area contributed by atoms with Gasteiger partial charge in [-0.1, -0.05) is 54.6 Å². The molecule has 0 bridgehead atoms. The third-order valence-electron chi connectivity index (χ3n) is 3.36. The van der Waals surface area contributed by atoms with Crippen LogP contribution in [0, 0.1) is 0 Å². The first-order valence-corrected chi connectivity index (χ1v) is 8.36. The van der Waals surface area contributed by atoms with E-state index >= 15 is 0 Å². The summed E-state index contributed by atoms with van der Waals surface area (Å²) in [6.07, 6.45) is 0. The Balaban J connectivity index is 2.10. The molecule has 0 saturated heterocycles. The number of rotatable bonds is 4. The smallest absolute Gasteiger partial charge is 0.0975 e. The molecule has 0 aliphatic carbocycles. The molecule has 2 rings (SSSR count). The molecule has 0 fully saturated rings. The molecule has 1 N–H and O–H groups in total. The lowest BCUT2D eigenvalue weighted by molar-refractivity contribution is 0.616. The van der Waals surface area contributed by atoms with E-state index in [0.717, 1.165) is 5.56 Å². The maximum absolute atomic E-state index is 12.1. The highest BCUT2D eigenvalue weighted by Crippen LogP contribution is 2.22. The molecule has 0 saturated carbocycles. The van der Waals surface area contributed by atoms with Gasteiger partial charge in [-0.2, -0.15) is 0 Å². The minimum absolute atomic E-state index is 0.0647. The first-order chi connectivity index (χ1) is 9.88. The molecule has 3 heteroatoms. The van der Waals surface area contributed by atoms with Gasteiger partial charge < -0.3 is 0 Å². The summed E-state index contributed by atoms with van der Waals surface area (Å²) in [5.41, 5.74) is 3.55. The van der Waals surface area contributed by atoms with Crippen molar-refractivity contribution in [1.82, 2.24) is 4.72 Å². The zero-order valence-electron chi connectivity index (χ0n) is 13.1. The van der Waals surface area contributed by atoms with Crippen LogP contribution in [0.4, 0.5) is 0 Å². The molecule has 21 heavy (non-hydrogen) atoms. The van der Waals surface area contributed by atoms with Crippen LogP contribution in [0.2, 0.25) is 0 Å². The molecule has 1 unspecified atom stereocenters. The molecule has 2 aromatic rings. The molecule has 0 aromatic heterocycles. The first kappa shape index (κ1) is 15.9. The predicted molar refractivity (Wildman–Crippen MR) is 91.3 cm³/mol. The van der Waals surface area contributed by atoms with E-state index in [0.29, 0.717) is 0 Å². The Labute approximate surface area is 130 Å². The molecular formula is C18H23NOS. The van der Waals surface area contributed by atoms with Crippen molar-refractivity contribution in [2.45, 2.75) is 38.5 Å². The predicted octanol–water partition coefficient (Wildman–Crippen LogP) is 4.47. The van der Waals surface area contributed by atoms with Crippen molar-refractivity contribution in [3.63, 3.8) is 0 Å². The fourth-order valence-electron chi connectivity index (χ4n) is 2.00. The molecular weight excluding hydrogens is 278 g/mol. The Morgan fingerprint density at radius 2 is 1.43 bits per heavy atom.